The molecule has 0 radical (unpaired) electrons. The predicted octanol–water partition coefficient (Wildman–Crippen LogP) is 11.2. The predicted molar refractivity (Wildman–Crippen MR) is 302 cm³/mol. The second kappa shape index (κ2) is 24.3. The minimum absolute atomic E-state index is 0.0340. The van der Waals surface area contributed by atoms with Gasteiger partial charge in [0, 0.05) is 31.3 Å². The summed E-state index contributed by atoms with van der Waals surface area (Å²) in [4.78, 5) is 89.2. The minimum Gasteiger partial charge on any atom is -0.456 e. The Labute approximate surface area is 466 Å². The highest BCUT2D eigenvalue weighted by molar-refractivity contribution is 6.77. The van der Waals surface area contributed by atoms with Gasteiger partial charge in [-0.05, 0) is 113 Å². The number of hydrogen-bond donors (Lipinski definition) is 2. The molecule has 1 aromatic rings. The van der Waals surface area contributed by atoms with Crippen LogP contribution in [0.3, 0.4) is 0 Å². The van der Waals surface area contributed by atoms with Crippen molar-refractivity contribution >= 4 is 52.4 Å². The van der Waals surface area contributed by atoms with Gasteiger partial charge in [0.25, 0.3) is 0 Å². The van der Waals surface area contributed by atoms with Crippen LogP contribution in [0.4, 0.5) is 4.79 Å². The first-order valence-corrected chi connectivity index (χ1v) is 32.9. The fourth-order valence-electron chi connectivity index (χ4n) is 13.7. The van der Waals surface area contributed by atoms with Gasteiger partial charge in [0.2, 0.25) is 8.32 Å². The number of nitrogens with one attached hydrogen (secondary N) is 1. The SMILES string of the molecule is C/C=C/C(=O)O[C@H]1C(=O)[C@]2(C)[C@@H](O[Si](CC)(CC)CC)C[C@H]3OC[C@@]3(OC(C)=O)[C@H]2[C@H](OC(=O)c2ccccc2)[C@]2(O)C[C@H](OC(=O)[C@H](O[Si](C(C)C)(C(C)C)C(C)C)[C@H](C=C(C)C)NC(=O)OC(C)(C)C)C(C)=C1C2(C)C. The van der Waals surface area contributed by atoms with Crippen molar-refractivity contribution in [1.82, 2.24) is 5.32 Å². The number of ketones is 1. The molecule has 3 aliphatic carbocycles. The molecule has 1 amide bonds. The Morgan fingerprint density at radius 1 is 0.885 bits per heavy atom. The number of carbonyl (C=O) groups is 6. The summed E-state index contributed by atoms with van der Waals surface area (Å²) >= 11 is 0. The minimum atomic E-state index is -3.03. The molecule has 2 N–H and O–H groups in total. The van der Waals surface area contributed by atoms with E-state index in [1.54, 1.807) is 91.8 Å². The normalized spacial score (nSPS) is 28.8. The van der Waals surface area contributed by atoms with E-state index in [2.05, 4.69) is 67.6 Å². The Balaban J connectivity index is 1.92. The van der Waals surface area contributed by atoms with Crippen LogP contribution < -0.4 is 5.32 Å². The Morgan fingerprint density at radius 2 is 1.46 bits per heavy atom. The van der Waals surface area contributed by atoms with Crippen molar-refractivity contribution in [2.24, 2.45) is 16.7 Å². The number of esters is 4. The molecule has 11 atom stereocenters. The largest absolute Gasteiger partial charge is 0.456 e. The number of benzene rings is 1. The lowest BCUT2D eigenvalue weighted by molar-refractivity contribution is -0.344. The highest BCUT2D eigenvalue weighted by atomic mass is 28.4. The van der Waals surface area contributed by atoms with E-state index in [0.717, 1.165) is 5.57 Å². The average Bonchev–Trinajstić information content (AvgIpc) is 3.48. The third-order valence-corrected chi connectivity index (χ3v) is 28.5. The first kappa shape index (κ1) is 64.4. The summed E-state index contributed by atoms with van der Waals surface area (Å²) in [5.41, 5.74) is -7.27. The number of amides is 1. The molecule has 3 fully saturated rings. The molecule has 1 aliphatic heterocycles. The molecular weight excluding hydrogens is 1030 g/mol. The molecule has 0 spiro atoms. The molecule has 0 unspecified atom stereocenters. The zero-order valence-electron chi connectivity index (χ0n) is 50.4. The van der Waals surface area contributed by atoms with E-state index < -0.39 is 135 Å². The van der Waals surface area contributed by atoms with Gasteiger partial charge in [-0.1, -0.05) is 112 Å². The third-order valence-electron chi connectivity index (χ3n) is 17.8. The fourth-order valence-corrected chi connectivity index (χ4v) is 22.1. The lowest BCUT2D eigenvalue weighted by Gasteiger charge is -2.68. The van der Waals surface area contributed by atoms with Crippen LogP contribution in [0.1, 0.15) is 162 Å². The summed E-state index contributed by atoms with van der Waals surface area (Å²) in [5, 5.41) is 17.4. The Bertz CT molecular complexity index is 2440. The molecule has 0 aromatic heterocycles. The summed E-state index contributed by atoms with van der Waals surface area (Å²) in [6.07, 6.45) is -5.09. The van der Waals surface area contributed by atoms with E-state index in [-0.39, 0.29) is 40.8 Å². The number of allylic oxidation sites excluding steroid dienone is 2. The Hall–Kier alpha value is -4.47. The fraction of sp³-hybridized carbons (Fsp3) is 0.700. The van der Waals surface area contributed by atoms with Gasteiger partial charge in [-0.25, -0.2) is 19.2 Å². The highest BCUT2D eigenvalue weighted by Crippen LogP contribution is 2.65. The number of hydrogen-bond acceptors (Lipinski definition) is 15. The number of fused-ring (bicyclic) bond motifs is 5. The quantitative estimate of drug-likeness (QED) is 0.0409. The van der Waals surface area contributed by atoms with Crippen molar-refractivity contribution in [3.63, 3.8) is 0 Å². The molecule has 2 saturated carbocycles. The van der Waals surface area contributed by atoms with Gasteiger partial charge in [0.1, 0.15) is 29.5 Å². The second-order valence-corrected chi connectivity index (χ2v) is 35.2. The van der Waals surface area contributed by atoms with Crippen LogP contribution in [0.2, 0.25) is 34.8 Å². The number of Topliss-reactive ketones (excluding diaryl/α,β-unsaturated/α-hetero) is 1. The van der Waals surface area contributed by atoms with Crippen molar-refractivity contribution in [3.05, 3.63) is 70.8 Å². The van der Waals surface area contributed by atoms with E-state index in [0.29, 0.717) is 23.7 Å². The van der Waals surface area contributed by atoms with Crippen molar-refractivity contribution < 1.29 is 71.1 Å². The summed E-state index contributed by atoms with van der Waals surface area (Å²) in [5.74, 6) is -5.40. The standard InChI is InChI=1S/C60H93NO15Si2/c1-21-28-46(63)71-49-47-39(13)43(70-54(66)48(76-78(36(7)8,37(9)10)38(11)12)42(31-35(5)6)61-55(67)74-56(15,16)17)33-60(68,57(47,18)19)52(72-53(65)41-29-26-25-27-30-41)50-58(20,51(49)64)44(75-77(22-2,23-3)24-4)32-45-59(50,34-69-45)73-40(14)62/h21,25-31,36-38,42-45,48-50,52,68H,22-24,32-34H2,1-20H3,(H,61,67)/b28-21+/t42-,43-,44-,45+,48+,49+,50-,52-,58+,59-,60+/m0/s1. The van der Waals surface area contributed by atoms with E-state index >= 15 is 9.59 Å². The average molecular weight is 1120 g/mol. The van der Waals surface area contributed by atoms with Crippen LogP contribution >= 0.6 is 0 Å². The molecule has 1 saturated heterocycles. The molecule has 18 heteroatoms. The van der Waals surface area contributed by atoms with Crippen molar-refractivity contribution in [3.8, 4) is 0 Å². The molecule has 5 rings (SSSR count). The lowest BCUT2D eigenvalue weighted by atomic mass is 9.44. The van der Waals surface area contributed by atoms with E-state index in [9.17, 15) is 24.3 Å². The number of carbonyl (C=O) groups excluding carboxylic acids is 6. The molecule has 436 valence electrons. The second-order valence-electron chi connectivity index (χ2n) is 25.1. The third kappa shape index (κ3) is 12.1. The molecule has 2 bridgehead atoms. The first-order chi connectivity index (χ1) is 36.1. The zero-order chi connectivity index (χ0) is 58.9. The highest BCUT2D eigenvalue weighted by Gasteiger charge is 2.79. The maximum Gasteiger partial charge on any atom is 0.408 e. The summed E-state index contributed by atoms with van der Waals surface area (Å²) in [6, 6.07) is 9.15. The number of rotatable bonds is 20. The van der Waals surface area contributed by atoms with Gasteiger partial charge in [-0.15, -0.1) is 0 Å². The van der Waals surface area contributed by atoms with Gasteiger partial charge in [0.15, 0.2) is 31.9 Å². The summed E-state index contributed by atoms with van der Waals surface area (Å²) in [7, 11) is -5.71. The summed E-state index contributed by atoms with van der Waals surface area (Å²) < 4.78 is 53.4. The van der Waals surface area contributed by atoms with Crippen LogP contribution in [0.15, 0.2) is 65.3 Å². The van der Waals surface area contributed by atoms with Gasteiger partial charge in [0.05, 0.1) is 35.6 Å². The van der Waals surface area contributed by atoms with Crippen LogP contribution in [-0.2, 0) is 56.5 Å². The maximum absolute atomic E-state index is 16.8. The Kier molecular flexibility index (Phi) is 20.1. The lowest BCUT2D eigenvalue weighted by Crippen LogP contribution is -2.82. The zero-order valence-corrected chi connectivity index (χ0v) is 52.4. The molecule has 1 aromatic carbocycles. The van der Waals surface area contributed by atoms with Crippen molar-refractivity contribution in [2.45, 2.75) is 246 Å². The van der Waals surface area contributed by atoms with E-state index in [1.165, 1.54) is 19.1 Å². The molecule has 4 aliphatic rings. The smallest absolute Gasteiger partial charge is 0.408 e. The molecular formula is C60H93NO15Si2. The van der Waals surface area contributed by atoms with Crippen molar-refractivity contribution in [2.75, 3.05) is 6.61 Å². The van der Waals surface area contributed by atoms with Crippen LogP contribution in [0.25, 0.3) is 0 Å². The monoisotopic (exact) mass is 1120 g/mol. The van der Waals surface area contributed by atoms with Gasteiger partial charge in [-0.3, -0.25) is 9.59 Å². The number of aliphatic hydroxyl groups is 1. The number of alkyl carbamates (subject to hydrolysis) is 1. The maximum atomic E-state index is 16.8. The van der Waals surface area contributed by atoms with Crippen LogP contribution in [0.5, 0.6) is 0 Å². The van der Waals surface area contributed by atoms with Gasteiger partial charge >= 0.3 is 30.0 Å². The van der Waals surface area contributed by atoms with Crippen LogP contribution in [0, 0.1) is 16.7 Å². The van der Waals surface area contributed by atoms with E-state index in [4.69, 9.17) is 37.3 Å². The topological polar surface area (TPSA) is 209 Å². The Morgan fingerprint density at radius 3 is 1.94 bits per heavy atom. The summed E-state index contributed by atoms with van der Waals surface area (Å²) in [6.45, 7) is 36.8. The van der Waals surface area contributed by atoms with Crippen molar-refractivity contribution in [1.29, 1.82) is 0 Å². The molecule has 78 heavy (non-hydrogen) atoms. The van der Waals surface area contributed by atoms with Gasteiger partial charge < -0.3 is 47.7 Å². The number of ether oxygens (including phenoxy) is 6. The van der Waals surface area contributed by atoms with E-state index in [1.807, 2.05) is 13.8 Å². The first-order valence-electron chi connectivity index (χ1n) is 28.2. The molecule has 16 nitrogen and oxygen atoms in total. The molecule has 1 heterocycles. The van der Waals surface area contributed by atoms with Gasteiger partial charge in [-0.2, -0.15) is 0 Å². The van der Waals surface area contributed by atoms with Crippen LogP contribution in [-0.4, -0.2) is 124 Å².